The molecule has 0 fully saturated rings. The van der Waals surface area contributed by atoms with Crippen molar-refractivity contribution in [2.45, 2.75) is 13.0 Å². The molecule has 1 aliphatic heterocycles. The maximum absolute atomic E-state index is 9.59. The average molecular weight is 239 g/mol. The van der Waals surface area contributed by atoms with Crippen LogP contribution in [0.5, 0.6) is 17.2 Å². The predicted octanol–water partition coefficient (Wildman–Crippen LogP) is 0.764. The van der Waals surface area contributed by atoms with Crippen LogP contribution in [0, 0.1) is 0 Å². The van der Waals surface area contributed by atoms with E-state index in [1.807, 2.05) is 6.92 Å². The smallest absolute Gasteiger partial charge is 0.231 e. The van der Waals surface area contributed by atoms with Crippen molar-refractivity contribution < 1.29 is 19.3 Å². The fourth-order valence-electron chi connectivity index (χ4n) is 1.53. The molecule has 0 saturated carbocycles. The van der Waals surface area contributed by atoms with E-state index in [4.69, 9.17) is 14.2 Å². The lowest BCUT2D eigenvalue weighted by atomic mass is 10.3. The van der Waals surface area contributed by atoms with E-state index in [1.165, 1.54) is 0 Å². The molecule has 0 amide bonds. The van der Waals surface area contributed by atoms with Gasteiger partial charge in [0.2, 0.25) is 6.79 Å². The number of benzene rings is 1. The van der Waals surface area contributed by atoms with Crippen LogP contribution in [0.25, 0.3) is 0 Å². The number of aliphatic hydroxyl groups excluding tert-OH is 1. The Bertz CT molecular complexity index is 370. The molecule has 2 rings (SSSR count). The second-order valence-electron chi connectivity index (χ2n) is 3.79. The zero-order chi connectivity index (χ0) is 12.1. The Hall–Kier alpha value is -1.46. The van der Waals surface area contributed by atoms with Crippen molar-refractivity contribution >= 4 is 0 Å². The van der Waals surface area contributed by atoms with Gasteiger partial charge in [-0.1, -0.05) is 6.92 Å². The molecular formula is C12H17NO4. The van der Waals surface area contributed by atoms with E-state index in [0.717, 1.165) is 12.3 Å². The number of rotatable bonds is 6. The van der Waals surface area contributed by atoms with Gasteiger partial charge in [0.15, 0.2) is 11.5 Å². The highest BCUT2D eigenvalue weighted by atomic mass is 16.7. The van der Waals surface area contributed by atoms with E-state index < -0.39 is 6.10 Å². The summed E-state index contributed by atoms with van der Waals surface area (Å²) in [4.78, 5) is 0. The van der Waals surface area contributed by atoms with E-state index in [0.29, 0.717) is 18.0 Å². The van der Waals surface area contributed by atoms with Gasteiger partial charge in [-0.2, -0.15) is 0 Å². The lowest BCUT2D eigenvalue weighted by molar-refractivity contribution is 0.107. The van der Waals surface area contributed by atoms with Gasteiger partial charge in [0, 0.05) is 12.6 Å². The van der Waals surface area contributed by atoms with E-state index in [1.54, 1.807) is 18.2 Å². The van der Waals surface area contributed by atoms with Crippen molar-refractivity contribution in [1.29, 1.82) is 0 Å². The Labute approximate surface area is 100 Å². The molecule has 1 heterocycles. The third-order valence-corrected chi connectivity index (χ3v) is 2.42. The lowest BCUT2D eigenvalue weighted by Crippen LogP contribution is -2.31. The first-order chi connectivity index (χ1) is 8.29. The fraction of sp³-hybridized carbons (Fsp3) is 0.500. The molecule has 0 radical (unpaired) electrons. The van der Waals surface area contributed by atoms with Crippen molar-refractivity contribution in [3.8, 4) is 17.2 Å². The van der Waals surface area contributed by atoms with E-state index in [-0.39, 0.29) is 13.4 Å². The zero-order valence-electron chi connectivity index (χ0n) is 9.81. The molecule has 0 bridgehead atoms. The highest BCUT2D eigenvalue weighted by Gasteiger charge is 2.14. The van der Waals surface area contributed by atoms with Crippen LogP contribution >= 0.6 is 0 Å². The first-order valence-electron chi connectivity index (χ1n) is 5.71. The summed E-state index contributed by atoms with van der Waals surface area (Å²) in [7, 11) is 0. The van der Waals surface area contributed by atoms with Crippen molar-refractivity contribution in [1.82, 2.24) is 5.32 Å². The van der Waals surface area contributed by atoms with Crippen LogP contribution < -0.4 is 19.5 Å². The molecule has 5 heteroatoms. The van der Waals surface area contributed by atoms with Crippen LogP contribution in [0.15, 0.2) is 18.2 Å². The van der Waals surface area contributed by atoms with Gasteiger partial charge in [-0.3, -0.25) is 0 Å². The normalized spacial score (nSPS) is 14.7. The molecule has 0 spiro atoms. The highest BCUT2D eigenvalue weighted by molar-refractivity contribution is 5.46. The van der Waals surface area contributed by atoms with Gasteiger partial charge < -0.3 is 24.6 Å². The van der Waals surface area contributed by atoms with Gasteiger partial charge in [0.05, 0.1) is 0 Å². The molecule has 5 nitrogen and oxygen atoms in total. The SMILES string of the molecule is CCNCC(O)COc1ccc2c(c1)OCO2. The van der Waals surface area contributed by atoms with Crippen LogP contribution in [0.3, 0.4) is 0 Å². The third-order valence-electron chi connectivity index (χ3n) is 2.42. The number of likely N-dealkylation sites (N-methyl/N-ethyl adjacent to an activating group) is 1. The highest BCUT2D eigenvalue weighted by Crippen LogP contribution is 2.35. The largest absolute Gasteiger partial charge is 0.491 e. The molecule has 1 aliphatic rings. The van der Waals surface area contributed by atoms with Crippen LogP contribution in [0.4, 0.5) is 0 Å². The Kier molecular flexibility index (Phi) is 4.06. The topological polar surface area (TPSA) is 60.0 Å². The van der Waals surface area contributed by atoms with Gasteiger partial charge in [-0.25, -0.2) is 0 Å². The number of fused-ring (bicyclic) bond motifs is 1. The summed E-state index contributed by atoms with van der Waals surface area (Å²) >= 11 is 0. The Morgan fingerprint density at radius 1 is 1.41 bits per heavy atom. The zero-order valence-corrected chi connectivity index (χ0v) is 9.81. The quantitative estimate of drug-likeness (QED) is 0.767. The first kappa shape index (κ1) is 12.0. The summed E-state index contributed by atoms with van der Waals surface area (Å²) < 4.78 is 15.9. The number of hydrogen-bond donors (Lipinski definition) is 2. The first-order valence-corrected chi connectivity index (χ1v) is 5.71. The van der Waals surface area contributed by atoms with Crippen LogP contribution in [0.1, 0.15) is 6.92 Å². The third kappa shape index (κ3) is 3.25. The minimum Gasteiger partial charge on any atom is -0.491 e. The maximum Gasteiger partial charge on any atom is 0.231 e. The molecule has 17 heavy (non-hydrogen) atoms. The van der Waals surface area contributed by atoms with E-state index in [2.05, 4.69) is 5.32 Å². The second kappa shape index (κ2) is 5.75. The number of nitrogens with one attached hydrogen (secondary N) is 1. The molecule has 1 unspecified atom stereocenters. The molecule has 0 saturated heterocycles. The van der Waals surface area contributed by atoms with Crippen LogP contribution in [-0.2, 0) is 0 Å². The minimum absolute atomic E-state index is 0.252. The van der Waals surface area contributed by atoms with Crippen LogP contribution in [-0.4, -0.2) is 37.7 Å². The van der Waals surface area contributed by atoms with Gasteiger partial charge in [-0.05, 0) is 18.7 Å². The Morgan fingerprint density at radius 2 is 2.24 bits per heavy atom. The van der Waals surface area contributed by atoms with Crippen molar-refractivity contribution in [3.05, 3.63) is 18.2 Å². The summed E-state index contributed by atoms with van der Waals surface area (Å²) in [5, 5.41) is 12.6. The number of hydrogen-bond acceptors (Lipinski definition) is 5. The van der Waals surface area contributed by atoms with Crippen molar-refractivity contribution in [3.63, 3.8) is 0 Å². The summed E-state index contributed by atoms with van der Waals surface area (Å²) in [5.41, 5.74) is 0. The van der Waals surface area contributed by atoms with Gasteiger partial charge in [0.25, 0.3) is 0 Å². The molecule has 94 valence electrons. The van der Waals surface area contributed by atoms with Crippen molar-refractivity contribution in [2.75, 3.05) is 26.5 Å². The molecule has 1 aromatic carbocycles. The van der Waals surface area contributed by atoms with E-state index >= 15 is 0 Å². The van der Waals surface area contributed by atoms with Gasteiger partial charge in [0.1, 0.15) is 18.5 Å². The number of ether oxygens (including phenoxy) is 3. The maximum atomic E-state index is 9.59. The molecule has 0 aromatic heterocycles. The molecule has 2 N–H and O–H groups in total. The molecule has 0 aliphatic carbocycles. The summed E-state index contributed by atoms with van der Waals surface area (Å²) in [6.45, 7) is 3.86. The van der Waals surface area contributed by atoms with Crippen LogP contribution in [0.2, 0.25) is 0 Å². The lowest BCUT2D eigenvalue weighted by Gasteiger charge is -2.12. The summed E-state index contributed by atoms with van der Waals surface area (Å²) in [6, 6.07) is 5.37. The summed E-state index contributed by atoms with van der Waals surface area (Å²) in [6.07, 6.45) is -0.514. The standard InChI is InChI=1S/C12H17NO4/c1-2-13-6-9(14)7-15-10-3-4-11-12(5-10)17-8-16-11/h3-5,9,13-14H,2,6-8H2,1H3. The Morgan fingerprint density at radius 3 is 3.06 bits per heavy atom. The van der Waals surface area contributed by atoms with Gasteiger partial charge >= 0.3 is 0 Å². The predicted molar refractivity (Wildman–Crippen MR) is 62.6 cm³/mol. The van der Waals surface area contributed by atoms with E-state index in [9.17, 15) is 5.11 Å². The number of aliphatic hydroxyl groups is 1. The Balaban J connectivity index is 1.83. The minimum atomic E-state index is -0.514. The molecule has 1 aromatic rings. The second-order valence-corrected chi connectivity index (χ2v) is 3.79. The average Bonchev–Trinajstić information content (AvgIpc) is 2.81. The van der Waals surface area contributed by atoms with Gasteiger partial charge in [-0.15, -0.1) is 0 Å². The monoisotopic (exact) mass is 239 g/mol. The molecular weight excluding hydrogens is 222 g/mol. The fourth-order valence-corrected chi connectivity index (χ4v) is 1.53. The summed E-state index contributed by atoms with van der Waals surface area (Å²) in [5.74, 6) is 2.08. The molecule has 1 atom stereocenters. The van der Waals surface area contributed by atoms with Crippen molar-refractivity contribution in [2.24, 2.45) is 0 Å².